The van der Waals surface area contributed by atoms with Crippen molar-refractivity contribution < 1.29 is 14.1 Å². The molecular weight excluding hydrogens is 461 g/mol. The van der Waals surface area contributed by atoms with Crippen molar-refractivity contribution >= 4 is 17.3 Å². The van der Waals surface area contributed by atoms with E-state index in [-0.39, 0.29) is 40.6 Å². The average molecular weight is 482 g/mol. The largest absolute Gasteiger partial charge is 0.491 e. The summed E-state index contributed by atoms with van der Waals surface area (Å²) >= 11 is 6.20. The van der Waals surface area contributed by atoms with Gasteiger partial charge in [-0.15, -0.1) is 0 Å². The number of fused-ring (bicyclic) bond motifs is 1. The lowest BCUT2D eigenvalue weighted by molar-refractivity contribution is -0.384. The van der Waals surface area contributed by atoms with Gasteiger partial charge in [0.15, 0.2) is 0 Å². The Labute approximate surface area is 200 Å². The van der Waals surface area contributed by atoms with Gasteiger partial charge in [-0.25, -0.2) is 14.4 Å². The summed E-state index contributed by atoms with van der Waals surface area (Å²) in [5, 5.41) is 23.6. The van der Waals surface area contributed by atoms with E-state index in [1.807, 2.05) is 6.07 Å². The van der Waals surface area contributed by atoms with Crippen LogP contribution in [0.5, 0.6) is 5.75 Å². The van der Waals surface area contributed by atoms with Gasteiger partial charge in [-0.1, -0.05) is 12.1 Å². The van der Waals surface area contributed by atoms with Gasteiger partial charge in [0.05, 0.1) is 27.9 Å². The predicted molar refractivity (Wildman–Crippen MR) is 123 cm³/mol. The fourth-order valence-corrected chi connectivity index (χ4v) is 4.33. The summed E-state index contributed by atoms with van der Waals surface area (Å²) in [4.78, 5) is 19.3. The molecule has 1 N–H and O–H groups in total. The first kappa shape index (κ1) is 23.5. The molecule has 1 unspecified atom stereocenters. The molecule has 4 rings (SSSR count). The van der Waals surface area contributed by atoms with Crippen LogP contribution in [0.1, 0.15) is 40.4 Å². The number of halogens is 2. The molecule has 0 aliphatic heterocycles. The summed E-state index contributed by atoms with van der Waals surface area (Å²) < 4.78 is 18.9. The molecule has 0 saturated carbocycles. The van der Waals surface area contributed by atoms with Crippen LogP contribution in [0.4, 0.5) is 10.1 Å². The maximum absolute atomic E-state index is 13.3. The molecule has 10 heteroatoms. The van der Waals surface area contributed by atoms with Crippen LogP contribution in [0.3, 0.4) is 0 Å². The monoisotopic (exact) mass is 481 g/mol. The molecule has 1 heterocycles. The number of non-ortho nitro benzene ring substituents is 1. The number of hydrogen-bond acceptors (Lipinski definition) is 7. The van der Waals surface area contributed by atoms with Crippen molar-refractivity contribution in [2.75, 3.05) is 19.7 Å². The van der Waals surface area contributed by atoms with Gasteiger partial charge in [-0.05, 0) is 53.8 Å². The Morgan fingerprint density at radius 1 is 1.24 bits per heavy atom. The van der Waals surface area contributed by atoms with Crippen LogP contribution in [0.25, 0.3) is 0 Å². The lowest BCUT2D eigenvalue weighted by atomic mass is 9.96. The van der Waals surface area contributed by atoms with Crippen molar-refractivity contribution in [1.29, 1.82) is 5.26 Å². The van der Waals surface area contributed by atoms with Gasteiger partial charge in [0.2, 0.25) is 5.28 Å². The van der Waals surface area contributed by atoms with Crippen LogP contribution < -0.4 is 10.1 Å². The average Bonchev–Trinajstić information content (AvgIpc) is 3.25. The number of ether oxygens (including phenoxy) is 1. The molecule has 1 aliphatic rings. The molecule has 0 fully saturated rings. The second-order valence-electron chi connectivity index (χ2n) is 7.84. The first-order chi connectivity index (χ1) is 16.5. The van der Waals surface area contributed by atoms with Gasteiger partial charge >= 0.3 is 0 Å². The molecular formula is C24H21ClFN5O3. The summed E-state index contributed by atoms with van der Waals surface area (Å²) in [6, 6.07) is 12.3. The minimum Gasteiger partial charge on any atom is -0.491 e. The molecule has 34 heavy (non-hydrogen) atoms. The molecule has 0 amide bonds. The quantitative estimate of drug-likeness (QED) is 0.209. The molecule has 0 bridgehead atoms. The molecule has 1 aromatic heterocycles. The molecule has 2 aromatic carbocycles. The summed E-state index contributed by atoms with van der Waals surface area (Å²) in [6.07, 6.45) is 2.34. The third-order valence-electron chi connectivity index (χ3n) is 5.75. The highest BCUT2D eigenvalue weighted by molar-refractivity contribution is 6.28. The van der Waals surface area contributed by atoms with Gasteiger partial charge in [-0.2, -0.15) is 5.26 Å². The topological polar surface area (TPSA) is 114 Å². The minimum absolute atomic E-state index is 0.0699. The second-order valence-corrected chi connectivity index (χ2v) is 8.18. The number of nitrogens with one attached hydrogen (secondary N) is 1. The van der Waals surface area contributed by atoms with Crippen molar-refractivity contribution in [2.45, 2.75) is 25.2 Å². The summed E-state index contributed by atoms with van der Waals surface area (Å²) in [5.74, 6) is -0.0148. The smallest absolute Gasteiger partial charge is 0.273 e. The van der Waals surface area contributed by atoms with Gasteiger partial charge < -0.3 is 10.1 Å². The lowest BCUT2D eigenvalue weighted by Crippen LogP contribution is -2.24. The number of nitriles is 1. The van der Waals surface area contributed by atoms with Crippen molar-refractivity contribution in [3.8, 4) is 11.8 Å². The number of rotatable bonds is 9. The maximum Gasteiger partial charge on any atom is 0.273 e. The van der Waals surface area contributed by atoms with Gasteiger partial charge in [0.1, 0.15) is 24.2 Å². The fraction of sp³-hybridized carbons (Fsp3) is 0.292. The van der Waals surface area contributed by atoms with Crippen molar-refractivity contribution in [3.05, 3.63) is 91.8 Å². The number of nitro groups is 1. The van der Waals surface area contributed by atoms with Crippen LogP contribution >= 0.6 is 11.6 Å². The first-order valence-electron chi connectivity index (χ1n) is 10.8. The van der Waals surface area contributed by atoms with Gasteiger partial charge in [0.25, 0.3) is 5.69 Å². The van der Waals surface area contributed by atoms with Crippen LogP contribution in [0.2, 0.25) is 5.28 Å². The van der Waals surface area contributed by atoms with Crippen LogP contribution in [0, 0.1) is 27.3 Å². The van der Waals surface area contributed by atoms with Crippen molar-refractivity contribution in [1.82, 2.24) is 15.3 Å². The molecule has 1 aliphatic carbocycles. The first-order valence-corrected chi connectivity index (χ1v) is 11.2. The lowest BCUT2D eigenvalue weighted by Gasteiger charge is -2.13. The third kappa shape index (κ3) is 5.30. The Morgan fingerprint density at radius 2 is 2.03 bits per heavy atom. The normalized spacial score (nSPS) is 14.4. The molecule has 0 spiro atoms. The highest BCUT2D eigenvalue weighted by Gasteiger charge is 2.29. The summed E-state index contributed by atoms with van der Waals surface area (Å²) in [7, 11) is 0. The van der Waals surface area contributed by atoms with Crippen LogP contribution in [-0.4, -0.2) is 34.6 Å². The van der Waals surface area contributed by atoms with E-state index in [1.165, 1.54) is 30.3 Å². The number of aromatic nitrogens is 2. The van der Waals surface area contributed by atoms with Gasteiger partial charge in [0, 0.05) is 31.5 Å². The van der Waals surface area contributed by atoms with Crippen molar-refractivity contribution in [2.24, 2.45) is 0 Å². The van der Waals surface area contributed by atoms with E-state index in [1.54, 1.807) is 12.1 Å². The van der Waals surface area contributed by atoms with E-state index in [0.29, 0.717) is 19.5 Å². The maximum atomic E-state index is 13.3. The Morgan fingerprint density at radius 3 is 2.76 bits per heavy atom. The molecule has 8 nitrogen and oxygen atoms in total. The van der Waals surface area contributed by atoms with Crippen molar-refractivity contribution in [3.63, 3.8) is 0 Å². The number of nitrogens with zero attached hydrogens (tertiary/aromatic N) is 4. The minimum atomic E-state index is -0.530. The number of benzene rings is 2. The van der Waals surface area contributed by atoms with Gasteiger partial charge in [-0.3, -0.25) is 10.1 Å². The standard InChI is InChI=1S/C24H21ClFN5O3/c25-24-29-21(20-8-7-19(23(20)30-24)15-1-4-17(26)5-2-15)9-10-28-11-12-34-22-13-18(31(32)33)6-3-16(22)14-27/h1-6,13,19,28H,7-12H2. The van der Waals surface area contributed by atoms with Crippen LogP contribution in [0.15, 0.2) is 42.5 Å². The SMILES string of the molecule is N#Cc1ccc([N+](=O)[O-])cc1OCCNCCc1nc(Cl)nc2c1CCC2c1ccc(F)cc1. The van der Waals surface area contributed by atoms with E-state index >= 15 is 0 Å². The Hall–Kier alpha value is -3.61. The Balaban J connectivity index is 1.33. The molecule has 3 aromatic rings. The zero-order valence-corrected chi connectivity index (χ0v) is 18.9. The number of hydrogen-bond donors (Lipinski definition) is 1. The van der Waals surface area contributed by atoms with E-state index in [2.05, 4.69) is 15.3 Å². The highest BCUT2D eigenvalue weighted by Crippen LogP contribution is 2.38. The molecule has 0 saturated heterocycles. The highest BCUT2D eigenvalue weighted by atomic mass is 35.5. The second kappa shape index (κ2) is 10.5. The predicted octanol–water partition coefficient (Wildman–Crippen LogP) is 4.34. The zero-order valence-electron chi connectivity index (χ0n) is 18.1. The molecule has 174 valence electrons. The number of nitro benzene ring substituents is 1. The summed E-state index contributed by atoms with van der Waals surface area (Å²) in [6.45, 7) is 1.34. The molecule has 1 atom stereocenters. The van der Waals surface area contributed by atoms with Crippen LogP contribution in [-0.2, 0) is 12.8 Å². The molecule has 0 radical (unpaired) electrons. The Kier molecular flexibility index (Phi) is 7.30. The van der Waals surface area contributed by atoms with E-state index in [0.717, 1.165) is 35.4 Å². The Bertz CT molecular complexity index is 1250. The van der Waals surface area contributed by atoms with E-state index in [9.17, 15) is 14.5 Å². The fourth-order valence-electron chi connectivity index (χ4n) is 4.13. The summed E-state index contributed by atoms with van der Waals surface area (Å²) in [5.41, 5.74) is 4.00. The van der Waals surface area contributed by atoms with E-state index < -0.39 is 4.92 Å². The zero-order chi connectivity index (χ0) is 24.1. The third-order valence-corrected chi connectivity index (χ3v) is 5.92. The van der Waals surface area contributed by atoms with E-state index in [4.69, 9.17) is 21.6 Å².